The topological polar surface area (TPSA) is 105 Å². The van der Waals surface area contributed by atoms with Crippen molar-refractivity contribution >= 4 is 28.8 Å². The van der Waals surface area contributed by atoms with E-state index in [0.29, 0.717) is 11.3 Å². The van der Waals surface area contributed by atoms with Crippen LogP contribution in [0.4, 0.5) is 4.79 Å². The molecule has 1 aliphatic rings. The molecule has 3 amide bonds. The van der Waals surface area contributed by atoms with E-state index in [0.717, 1.165) is 16.7 Å². The lowest BCUT2D eigenvalue weighted by Crippen LogP contribution is -2.30. The molecule has 2 heterocycles. The van der Waals surface area contributed by atoms with Crippen LogP contribution in [0.25, 0.3) is 0 Å². The van der Waals surface area contributed by atoms with E-state index in [2.05, 4.69) is 4.98 Å². The number of imide groups is 1. The van der Waals surface area contributed by atoms with E-state index in [-0.39, 0.29) is 23.4 Å². The molecule has 94 valence electrons. The molecular formula is C10H10N4O3S. The SMILES string of the molecule is NNC(=O)c1ccc(CN2C(=O)CSC2=O)nc1. The lowest BCUT2D eigenvalue weighted by Gasteiger charge is -2.11. The third-order valence-corrected chi connectivity index (χ3v) is 3.24. The van der Waals surface area contributed by atoms with Crippen LogP contribution in [0.2, 0.25) is 0 Å². The first kappa shape index (κ1) is 12.5. The van der Waals surface area contributed by atoms with Gasteiger partial charge in [-0.2, -0.15) is 0 Å². The van der Waals surface area contributed by atoms with Gasteiger partial charge in [0.05, 0.1) is 23.6 Å². The highest BCUT2D eigenvalue weighted by molar-refractivity contribution is 8.14. The number of thioether (sulfide) groups is 1. The molecule has 0 radical (unpaired) electrons. The van der Waals surface area contributed by atoms with Crippen molar-refractivity contribution in [3.05, 3.63) is 29.6 Å². The highest BCUT2D eigenvalue weighted by atomic mass is 32.2. The minimum atomic E-state index is -0.446. The second-order valence-electron chi connectivity index (χ2n) is 3.55. The number of carbonyl (C=O) groups excluding carboxylic acids is 3. The van der Waals surface area contributed by atoms with E-state index >= 15 is 0 Å². The Balaban J connectivity index is 2.09. The number of hydrogen-bond acceptors (Lipinski definition) is 6. The summed E-state index contributed by atoms with van der Waals surface area (Å²) in [6.07, 6.45) is 1.34. The molecule has 3 N–H and O–H groups in total. The Labute approximate surface area is 107 Å². The molecule has 0 bridgehead atoms. The standard InChI is InChI=1S/C10H10N4O3S/c11-13-9(16)6-1-2-7(12-3-6)4-14-8(15)5-18-10(14)17/h1-3H,4-5,11H2,(H,13,16). The maximum absolute atomic E-state index is 11.4. The lowest BCUT2D eigenvalue weighted by atomic mass is 10.2. The van der Waals surface area contributed by atoms with Gasteiger partial charge in [0.1, 0.15) is 0 Å². The Morgan fingerprint density at radius 2 is 2.28 bits per heavy atom. The normalized spacial score (nSPS) is 15.1. The van der Waals surface area contributed by atoms with E-state index in [1.165, 1.54) is 12.3 Å². The van der Waals surface area contributed by atoms with E-state index in [1.54, 1.807) is 6.07 Å². The molecule has 18 heavy (non-hydrogen) atoms. The van der Waals surface area contributed by atoms with Crippen molar-refractivity contribution in [2.24, 2.45) is 5.84 Å². The van der Waals surface area contributed by atoms with Crippen LogP contribution in [0, 0.1) is 0 Å². The quantitative estimate of drug-likeness (QED) is 0.449. The van der Waals surface area contributed by atoms with Crippen molar-refractivity contribution in [1.82, 2.24) is 15.3 Å². The Hall–Kier alpha value is -1.93. The second-order valence-corrected chi connectivity index (χ2v) is 4.47. The van der Waals surface area contributed by atoms with Crippen molar-refractivity contribution in [2.75, 3.05) is 5.75 Å². The van der Waals surface area contributed by atoms with Crippen molar-refractivity contribution in [2.45, 2.75) is 6.54 Å². The summed E-state index contributed by atoms with van der Waals surface area (Å²) in [4.78, 5) is 39.1. The number of carbonyl (C=O) groups is 3. The van der Waals surface area contributed by atoms with Crippen LogP contribution in [-0.4, -0.2) is 32.7 Å². The zero-order valence-electron chi connectivity index (χ0n) is 9.25. The number of nitrogen functional groups attached to an aromatic ring is 1. The molecule has 0 spiro atoms. The van der Waals surface area contributed by atoms with Gasteiger partial charge in [-0.3, -0.25) is 29.7 Å². The molecule has 1 fully saturated rings. The van der Waals surface area contributed by atoms with Gasteiger partial charge in [-0.05, 0) is 12.1 Å². The molecule has 0 saturated carbocycles. The van der Waals surface area contributed by atoms with Crippen molar-refractivity contribution in [3.63, 3.8) is 0 Å². The van der Waals surface area contributed by atoms with Gasteiger partial charge in [0.15, 0.2) is 0 Å². The molecule has 0 aromatic carbocycles. The summed E-state index contributed by atoms with van der Waals surface area (Å²) in [5.74, 6) is 4.48. The molecular weight excluding hydrogens is 256 g/mol. The Morgan fingerprint density at radius 3 is 2.78 bits per heavy atom. The van der Waals surface area contributed by atoms with Gasteiger partial charge < -0.3 is 0 Å². The second kappa shape index (κ2) is 5.15. The maximum atomic E-state index is 11.4. The van der Waals surface area contributed by atoms with Crippen LogP contribution in [-0.2, 0) is 11.3 Å². The molecule has 0 unspecified atom stereocenters. The molecule has 1 aliphatic heterocycles. The fourth-order valence-corrected chi connectivity index (χ4v) is 2.16. The number of hydrazine groups is 1. The summed E-state index contributed by atoms with van der Waals surface area (Å²) in [6.45, 7) is 0.120. The number of nitrogens with one attached hydrogen (secondary N) is 1. The molecule has 0 atom stereocenters. The summed E-state index contributed by atoms with van der Waals surface area (Å²) in [6, 6.07) is 3.11. The maximum Gasteiger partial charge on any atom is 0.289 e. The minimum Gasteiger partial charge on any atom is -0.290 e. The van der Waals surface area contributed by atoms with E-state index in [4.69, 9.17) is 5.84 Å². The molecule has 8 heteroatoms. The first-order chi connectivity index (χ1) is 8.61. The van der Waals surface area contributed by atoms with Crippen LogP contribution in [0.15, 0.2) is 18.3 Å². The number of rotatable bonds is 3. The van der Waals surface area contributed by atoms with Crippen LogP contribution in [0.5, 0.6) is 0 Å². The summed E-state index contributed by atoms with van der Waals surface area (Å²) >= 11 is 0.973. The smallest absolute Gasteiger partial charge is 0.289 e. The molecule has 1 aromatic rings. The lowest BCUT2D eigenvalue weighted by molar-refractivity contribution is -0.125. The van der Waals surface area contributed by atoms with Gasteiger partial charge in [-0.15, -0.1) is 0 Å². The number of nitrogens with zero attached hydrogens (tertiary/aromatic N) is 2. The number of aromatic nitrogens is 1. The summed E-state index contributed by atoms with van der Waals surface area (Å²) in [5.41, 5.74) is 2.84. The van der Waals surface area contributed by atoms with Gasteiger partial charge in [-0.1, -0.05) is 11.8 Å². The number of nitrogens with two attached hydrogens (primary N) is 1. The van der Waals surface area contributed by atoms with E-state index in [1.807, 2.05) is 5.43 Å². The van der Waals surface area contributed by atoms with Crippen molar-refractivity contribution in [3.8, 4) is 0 Å². The average Bonchev–Trinajstić information content (AvgIpc) is 2.70. The van der Waals surface area contributed by atoms with Crippen LogP contribution < -0.4 is 11.3 Å². The molecule has 1 saturated heterocycles. The number of pyridine rings is 1. The third-order valence-electron chi connectivity index (χ3n) is 2.38. The van der Waals surface area contributed by atoms with Gasteiger partial charge in [-0.25, -0.2) is 5.84 Å². The summed E-state index contributed by atoms with van der Waals surface area (Å²) in [5, 5.41) is -0.273. The fourth-order valence-electron chi connectivity index (χ4n) is 1.43. The zero-order chi connectivity index (χ0) is 13.1. The molecule has 2 rings (SSSR count). The predicted molar refractivity (Wildman–Crippen MR) is 64.3 cm³/mol. The Kier molecular flexibility index (Phi) is 3.58. The zero-order valence-corrected chi connectivity index (χ0v) is 10.1. The largest absolute Gasteiger partial charge is 0.290 e. The minimum absolute atomic E-state index is 0.120. The average molecular weight is 266 g/mol. The monoisotopic (exact) mass is 266 g/mol. The summed E-state index contributed by atoms with van der Waals surface area (Å²) in [7, 11) is 0. The molecule has 0 aliphatic carbocycles. The molecule has 1 aromatic heterocycles. The number of amides is 3. The van der Waals surface area contributed by atoms with Gasteiger partial charge in [0.2, 0.25) is 5.91 Å². The molecule has 7 nitrogen and oxygen atoms in total. The van der Waals surface area contributed by atoms with E-state index < -0.39 is 5.91 Å². The van der Waals surface area contributed by atoms with Gasteiger partial charge in [0, 0.05) is 6.20 Å². The van der Waals surface area contributed by atoms with Crippen molar-refractivity contribution < 1.29 is 14.4 Å². The van der Waals surface area contributed by atoms with Gasteiger partial charge in [0.25, 0.3) is 11.1 Å². The van der Waals surface area contributed by atoms with E-state index in [9.17, 15) is 14.4 Å². The Morgan fingerprint density at radius 1 is 1.50 bits per heavy atom. The third kappa shape index (κ3) is 2.49. The predicted octanol–water partition coefficient (Wildman–Crippen LogP) is -0.120. The summed E-state index contributed by atoms with van der Waals surface area (Å²) < 4.78 is 0. The van der Waals surface area contributed by atoms with Crippen LogP contribution in [0.1, 0.15) is 16.1 Å². The van der Waals surface area contributed by atoms with Gasteiger partial charge >= 0.3 is 0 Å². The van der Waals surface area contributed by atoms with Crippen LogP contribution >= 0.6 is 11.8 Å². The highest BCUT2D eigenvalue weighted by Crippen LogP contribution is 2.20. The van der Waals surface area contributed by atoms with Crippen LogP contribution in [0.3, 0.4) is 0 Å². The number of hydrogen-bond donors (Lipinski definition) is 2. The highest BCUT2D eigenvalue weighted by Gasteiger charge is 2.30. The Bertz CT molecular complexity index is 486. The van der Waals surface area contributed by atoms with Crippen molar-refractivity contribution in [1.29, 1.82) is 0 Å². The fraction of sp³-hybridized carbons (Fsp3) is 0.200. The first-order valence-corrected chi connectivity index (χ1v) is 6.03. The first-order valence-electron chi connectivity index (χ1n) is 5.05.